The molecule has 1 saturated heterocycles. The minimum atomic E-state index is 0.340. The number of hydrogen-bond acceptors (Lipinski definition) is 2. The molecule has 0 aromatic carbocycles. The summed E-state index contributed by atoms with van der Waals surface area (Å²) in [6.45, 7) is 9.35. The lowest BCUT2D eigenvalue weighted by Gasteiger charge is -2.51. The van der Waals surface area contributed by atoms with E-state index in [1.165, 1.54) is 19.5 Å². The van der Waals surface area contributed by atoms with Crippen LogP contribution in [0.3, 0.4) is 0 Å². The van der Waals surface area contributed by atoms with E-state index in [1.807, 2.05) is 0 Å². The van der Waals surface area contributed by atoms with Gasteiger partial charge in [-0.05, 0) is 17.8 Å². The Morgan fingerprint density at radius 3 is 2.67 bits per heavy atom. The van der Waals surface area contributed by atoms with E-state index in [0.717, 1.165) is 25.2 Å². The van der Waals surface area contributed by atoms with Crippen molar-refractivity contribution in [1.82, 2.24) is 4.90 Å². The van der Waals surface area contributed by atoms with Gasteiger partial charge in [-0.1, -0.05) is 27.2 Å². The predicted molar refractivity (Wildman–Crippen MR) is 61.8 cm³/mol. The summed E-state index contributed by atoms with van der Waals surface area (Å²) in [4.78, 5) is 14.1. The summed E-state index contributed by atoms with van der Waals surface area (Å²) in [6.07, 6.45) is 3.96. The van der Waals surface area contributed by atoms with Gasteiger partial charge >= 0.3 is 0 Å². The first-order valence-electron chi connectivity index (χ1n) is 6.28. The summed E-state index contributed by atoms with van der Waals surface area (Å²) in [7, 11) is 0. The van der Waals surface area contributed by atoms with Crippen LogP contribution in [0.4, 0.5) is 0 Å². The number of ketones is 1. The van der Waals surface area contributed by atoms with Crippen LogP contribution in [0, 0.1) is 11.3 Å². The van der Waals surface area contributed by atoms with Crippen molar-refractivity contribution in [2.45, 2.75) is 52.5 Å². The summed E-state index contributed by atoms with van der Waals surface area (Å²) < 4.78 is 0. The van der Waals surface area contributed by atoms with Gasteiger partial charge in [0.15, 0.2) is 0 Å². The third-order valence-electron chi connectivity index (χ3n) is 4.37. The average Bonchev–Trinajstić information content (AvgIpc) is 2.10. The molecule has 1 saturated carbocycles. The van der Waals surface area contributed by atoms with E-state index in [-0.39, 0.29) is 0 Å². The number of likely N-dealkylation sites (tertiary alicyclic amines) is 1. The van der Waals surface area contributed by atoms with Crippen molar-refractivity contribution in [3.63, 3.8) is 0 Å². The number of rotatable bonds is 2. The zero-order valence-corrected chi connectivity index (χ0v) is 10.3. The van der Waals surface area contributed by atoms with Gasteiger partial charge in [-0.2, -0.15) is 0 Å². The molecule has 0 aromatic rings. The second kappa shape index (κ2) is 3.89. The van der Waals surface area contributed by atoms with Crippen LogP contribution in [-0.2, 0) is 4.79 Å². The van der Waals surface area contributed by atoms with Crippen molar-refractivity contribution in [1.29, 1.82) is 0 Å². The number of carbonyl (C=O) groups is 1. The van der Waals surface area contributed by atoms with E-state index in [0.29, 0.717) is 17.2 Å². The highest BCUT2D eigenvalue weighted by Crippen LogP contribution is 2.40. The normalized spacial score (nSPS) is 32.7. The molecular weight excluding hydrogens is 186 g/mol. The van der Waals surface area contributed by atoms with Gasteiger partial charge < -0.3 is 0 Å². The monoisotopic (exact) mass is 209 g/mol. The summed E-state index contributed by atoms with van der Waals surface area (Å²) in [5, 5.41) is 0. The van der Waals surface area contributed by atoms with Crippen molar-refractivity contribution >= 4 is 5.78 Å². The van der Waals surface area contributed by atoms with Crippen LogP contribution in [0.25, 0.3) is 0 Å². The maximum Gasteiger partial charge on any atom is 0.134 e. The Balaban J connectivity index is 1.97. The number of hydrogen-bond donors (Lipinski definition) is 0. The smallest absolute Gasteiger partial charge is 0.134 e. The van der Waals surface area contributed by atoms with Crippen molar-refractivity contribution in [3.8, 4) is 0 Å². The van der Waals surface area contributed by atoms with Crippen molar-refractivity contribution in [3.05, 3.63) is 0 Å². The van der Waals surface area contributed by atoms with E-state index in [4.69, 9.17) is 0 Å². The van der Waals surface area contributed by atoms with E-state index in [2.05, 4.69) is 25.7 Å². The Morgan fingerprint density at radius 2 is 2.07 bits per heavy atom. The fraction of sp³-hybridized carbons (Fsp3) is 0.923. The molecule has 86 valence electrons. The molecule has 2 nitrogen and oxygen atoms in total. The molecule has 0 aromatic heterocycles. The maximum atomic E-state index is 11.5. The highest BCUT2D eigenvalue weighted by molar-refractivity contribution is 5.80. The summed E-state index contributed by atoms with van der Waals surface area (Å²) >= 11 is 0. The second-order valence-electron chi connectivity index (χ2n) is 5.98. The summed E-state index contributed by atoms with van der Waals surface area (Å²) in [5.74, 6) is 1.36. The van der Waals surface area contributed by atoms with E-state index < -0.39 is 0 Å². The van der Waals surface area contributed by atoms with Gasteiger partial charge in [0.1, 0.15) is 5.78 Å². The first-order chi connectivity index (χ1) is 7.03. The van der Waals surface area contributed by atoms with Gasteiger partial charge in [-0.3, -0.25) is 9.69 Å². The average molecular weight is 209 g/mol. The van der Waals surface area contributed by atoms with Crippen molar-refractivity contribution in [2.24, 2.45) is 11.3 Å². The van der Waals surface area contributed by atoms with Gasteiger partial charge in [0, 0.05) is 32.0 Å². The third-order valence-corrected chi connectivity index (χ3v) is 4.37. The van der Waals surface area contributed by atoms with Crippen LogP contribution in [-0.4, -0.2) is 29.8 Å². The Bertz CT molecular complexity index is 253. The molecule has 0 N–H and O–H groups in total. The van der Waals surface area contributed by atoms with Gasteiger partial charge in [-0.15, -0.1) is 0 Å². The third kappa shape index (κ3) is 2.10. The number of Topliss-reactive ketones (excluding diaryl/α,β-unsaturated/α-hetero) is 1. The van der Waals surface area contributed by atoms with Gasteiger partial charge in [0.05, 0.1) is 0 Å². The SMILES string of the molecule is CCC1CN(C2CC(=O)CCC2(C)C)C1. The quantitative estimate of drug-likeness (QED) is 0.696. The fourth-order valence-electron chi connectivity index (χ4n) is 2.97. The molecule has 0 spiro atoms. The standard InChI is InChI=1S/C13H23NO/c1-4-10-8-14(9-10)12-7-11(15)5-6-13(12,2)3/h10,12H,4-9H2,1-3H3. The van der Waals surface area contributed by atoms with Crippen LogP contribution >= 0.6 is 0 Å². The largest absolute Gasteiger partial charge is 0.300 e. The number of nitrogens with zero attached hydrogens (tertiary/aromatic N) is 1. The Labute approximate surface area is 93.0 Å². The zero-order chi connectivity index (χ0) is 11.1. The van der Waals surface area contributed by atoms with E-state index in [1.54, 1.807) is 0 Å². The molecular formula is C13H23NO. The van der Waals surface area contributed by atoms with Crippen LogP contribution in [0.2, 0.25) is 0 Å². The van der Waals surface area contributed by atoms with Crippen molar-refractivity contribution in [2.75, 3.05) is 13.1 Å². The van der Waals surface area contributed by atoms with Gasteiger partial charge in [-0.25, -0.2) is 0 Å². The lowest BCUT2D eigenvalue weighted by molar-refractivity contribution is -0.128. The molecule has 1 aliphatic carbocycles. The molecule has 2 fully saturated rings. The molecule has 0 radical (unpaired) electrons. The maximum absolute atomic E-state index is 11.5. The van der Waals surface area contributed by atoms with E-state index in [9.17, 15) is 4.79 Å². The predicted octanol–water partition coefficient (Wildman–Crippen LogP) is 2.48. The molecule has 1 unspecified atom stereocenters. The lowest BCUT2D eigenvalue weighted by atomic mass is 9.70. The Hall–Kier alpha value is -0.370. The highest BCUT2D eigenvalue weighted by Gasteiger charge is 2.42. The summed E-state index contributed by atoms with van der Waals surface area (Å²) in [5.41, 5.74) is 0.340. The molecule has 1 heterocycles. The molecule has 1 atom stereocenters. The van der Waals surface area contributed by atoms with Crippen LogP contribution in [0.15, 0.2) is 0 Å². The first kappa shape index (κ1) is 11.1. The van der Waals surface area contributed by atoms with Crippen LogP contribution in [0.5, 0.6) is 0 Å². The molecule has 2 rings (SSSR count). The van der Waals surface area contributed by atoms with Crippen LogP contribution < -0.4 is 0 Å². The number of carbonyl (C=O) groups excluding carboxylic acids is 1. The summed E-state index contributed by atoms with van der Waals surface area (Å²) in [6, 6.07) is 0.515. The first-order valence-corrected chi connectivity index (χ1v) is 6.28. The molecule has 15 heavy (non-hydrogen) atoms. The molecule has 0 bridgehead atoms. The Morgan fingerprint density at radius 1 is 1.40 bits per heavy atom. The molecule has 2 heteroatoms. The van der Waals surface area contributed by atoms with Crippen molar-refractivity contribution < 1.29 is 4.79 Å². The fourth-order valence-corrected chi connectivity index (χ4v) is 2.97. The van der Waals surface area contributed by atoms with Gasteiger partial charge in [0.25, 0.3) is 0 Å². The molecule has 2 aliphatic rings. The van der Waals surface area contributed by atoms with Gasteiger partial charge in [0.2, 0.25) is 0 Å². The minimum Gasteiger partial charge on any atom is -0.300 e. The minimum absolute atomic E-state index is 0.340. The van der Waals surface area contributed by atoms with E-state index >= 15 is 0 Å². The Kier molecular flexibility index (Phi) is 2.89. The highest BCUT2D eigenvalue weighted by atomic mass is 16.1. The topological polar surface area (TPSA) is 20.3 Å². The molecule has 1 aliphatic heterocycles. The van der Waals surface area contributed by atoms with Crippen LogP contribution in [0.1, 0.15) is 46.5 Å². The molecule has 0 amide bonds. The lowest BCUT2D eigenvalue weighted by Crippen LogP contribution is -2.58. The zero-order valence-electron chi connectivity index (χ0n) is 10.3. The second-order valence-corrected chi connectivity index (χ2v) is 5.98.